The van der Waals surface area contributed by atoms with Gasteiger partial charge in [-0.3, -0.25) is 9.59 Å². The molecule has 0 aliphatic heterocycles. The predicted octanol–water partition coefficient (Wildman–Crippen LogP) is 2.89. The summed E-state index contributed by atoms with van der Waals surface area (Å²) in [4.78, 5) is 24.1. The average Bonchev–Trinajstić information content (AvgIpc) is 2.76. The van der Waals surface area contributed by atoms with E-state index in [0.29, 0.717) is 4.88 Å². The number of benzene rings is 1. The summed E-state index contributed by atoms with van der Waals surface area (Å²) in [6.45, 7) is 3.73. The Morgan fingerprint density at radius 1 is 1.35 bits per heavy atom. The van der Waals surface area contributed by atoms with Crippen molar-refractivity contribution in [3.05, 3.63) is 34.7 Å². The molecule has 0 saturated heterocycles. The van der Waals surface area contributed by atoms with Crippen molar-refractivity contribution < 1.29 is 14.3 Å². The number of carbonyl (C=O) groups is 2. The molecule has 1 atom stereocenters. The van der Waals surface area contributed by atoms with Gasteiger partial charge in [-0.2, -0.15) is 0 Å². The van der Waals surface area contributed by atoms with Crippen molar-refractivity contribution >= 4 is 33.3 Å². The summed E-state index contributed by atoms with van der Waals surface area (Å²) in [7, 11) is 1.34. The molecule has 0 saturated carbocycles. The van der Waals surface area contributed by atoms with Crippen LogP contribution in [0.3, 0.4) is 0 Å². The van der Waals surface area contributed by atoms with E-state index >= 15 is 0 Å². The summed E-state index contributed by atoms with van der Waals surface area (Å²) in [5, 5.41) is 3.93. The zero-order chi connectivity index (χ0) is 14.7. The summed E-state index contributed by atoms with van der Waals surface area (Å²) in [6.07, 6.45) is 0.173. The van der Waals surface area contributed by atoms with Gasteiger partial charge in [0.1, 0.15) is 0 Å². The summed E-state index contributed by atoms with van der Waals surface area (Å²) in [6, 6.07) is 7.68. The minimum Gasteiger partial charge on any atom is -0.469 e. The number of ether oxygens (including phenoxy) is 1. The number of esters is 1. The highest BCUT2D eigenvalue weighted by atomic mass is 32.1. The lowest BCUT2D eigenvalue weighted by Gasteiger charge is -2.12. The fraction of sp³-hybridized carbons (Fsp3) is 0.333. The SMILES string of the molecule is COC(=O)CC(C)NC(=O)c1sc2ccccc2c1C. The van der Waals surface area contributed by atoms with Crippen LogP contribution < -0.4 is 5.32 Å². The maximum Gasteiger partial charge on any atom is 0.307 e. The van der Waals surface area contributed by atoms with Gasteiger partial charge < -0.3 is 10.1 Å². The van der Waals surface area contributed by atoms with E-state index in [2.05, 4.69) is 10.1 Å². The Morgan fingerprint density at radius 3 is 2.70 bits per heavy atom. The lowest BCUT2D eigenvalue weighted by molar-refractivity contribution is -0.141. The third-order valence-electron chi connectivity index (χ3n) is 3.13. The Hall–Kier alpha value is -1.88. The first-order valence-electron chi connectivity index (χ1n) is 6.38. The molecule has 1 amide bonds. The Labute approximate surface area is 121 Å². The number of amides is 1. The first kappa shape index (κ1) is 14.5. The molecule has 0 radical (unpaired) electrons. The summed E-state index contributed by atoms with van der Waals surface area (Å²) < 4.78 is 5.69. The highest BCUT2D eigenvalue weighted by molar-refractivity contribution is 7.21. The van der Waals surface area contributed by atoms with Gasteiger partial charge in [-0.15, -0.1) is 11.3 Å². The van der Waals surface area contributed by atoms with Crippen molar-refractivity contribution in [2.45, 2.75) is 26.3 Å². The molecule has 0 aliphatic carbocycles. The molecule has 1 unspecified atom stereocenters. The maximum absolute atomic E-state index is 12.3. The van der Waals surface area contributed by atoms with E-state index in [1.165, 1.54) is 18.4 Å². The van der Waals surface area contributed by atoms with Gasteiger partial charge in [-0.05, 0) is 30.9 Å². The Bertz CT molecular complexity index is 648. The smallest absolute Gasteiger partial charge is 0.307 e. The van der Waals surface area contributed by atoms with Crippen LogP contribution in [0.1, 0.15) is 28.6 Å². The second kappa shape index (κ2) is 6.05. The van der Waals surface area contributed by atoms with Crippen molar-refractivity contribution in [2.24, 2.45) is 0 Å². The Balaban J connectivity index is 2.15. The largest absolute Gasteiger partial charge is 0.469 e. The van der Waals surface area contributed by atoms with E-state index in [1.54, 1.807) is 6.92 Å². The van der Waals surface area contributed by atoms with Gasteiger partial charge >= 0.3 is 5.97 Å². The molecule has 106 valence electrons. The van der Waals surface area contributed by atoms with Crippen molar-refractivity contribution in [1.29, 1.82) is 0 Å². The molecule has 0 spiro atoms. The van der Waals surface area contributed by atoms with Gasteiger partial charge in [0.2, 0.25) is 0 Å². The lowest BCUT2D eigenvalue weighted by atomic mass is 10.1. The van der Waals surface area contributed by atoms with Crippen LogP contribution in [0.2, 0.25) is 0 Å². The molecule has 20 heavy (non-hydrogen) atoms. The Morgan fingerprint density at radius 2 is 2.05 bits per heavy atom. The highest BCUT2D eigenvalue weighted by Gasteiger charge is 2.18. The van der Waals surface area contributed by atoms with Crippen LogP contribution in [0.4, 0.5) is 0 Å². The molecule has 1 aromatic carbocycles. The van der Waals surface area contributed by atoms with Gasteiger partial charge in [0.05, 0.1) is 18.4 Å². The number of hydrogen-bond donors (Lipinski definition) is 1. The van der Waals surface area contributed by atoms with Gasteiger partial charge in [-0.1, -0.05) is 18.2 Å². The fourth-order valence-electron chi connectivity index (χ4n) is 2.06. The molecule has 2 aromatic rings. The lowest BCUT2D eigenvalue weighted by Crippen LogP contribution is -2.34. The van der Waals surface area contributed by atoms with E-state index in [-0.39, 0.29) is 24.3 Å². The first-order chi connectivity index (χ1) is 9.52. The first-order valence-corrected chi connectivity index (χ1v) is 7.20. The van der Waals surface area contributed by atoms with E-state index < -0.39 is 0 Å². The Kier molecular flexibility index (Phi) is 4.39. The van der Waals surface area contributed by atoms with Gasteiger partial charge in [0, 0.05) is 10.7 Å². The number of aryl methyl sites for hydroxylation is 1. The molecule has 0 bridgehead atoms. The van der Waals surface area contributed by atoms with Crippen LogP contribution in [-0.2, 0) is 9.53 Å². The van der Waals surface area contributed by atoms with Crippen molar-refractivity contribution in [3.63, 3.8) is 0 Å². The van der Waals surface area contributed by atoms with E-state index in [4.69, 9.17) is 0 Å². The number of rotatable bonds is 4. The number of fused-ring (bicyclic) bond motifs is 1. The van der Waals surface area contributed by atoms with Gasteiger partial charge in [-0.25, -0.2) is 0 Å². The normalized spacial score (nSPS) is 12.2. The molecular formula is C15H17NO3S. The van der Waals surface area contributed by atoms with Crippen LogP contribution in [0.25, 0.3) is 10.1 Å². The summed E-state index contributed by atoms with van der Waals surface area (Å²) in [5.74, 6) is -0.467. The van der Waals surface area contributed by atoms with Crippen LogP contribution >= 0.6 is 11.3 Å². The number of thiophene rings is 1. The standard InChI is InChI=1S/C15H17NO3S/c1-9(8-13(17)19-3)16-15(18)14-10(2)11-6-4-5-7-12(11)20-14/h4-7,9H,8H2,1-3H3,(H,16,18). The molecular weight excluding hydrogens is 274 g/mol. The van der Waals surface area contributed by atoms with Crippen LogP contribution in [0, 0.1) is 6.92 Å². The molecule has 2 rings (SSSR count). The van der Waals surface area contributed by atoms with E-state index in [9.17, 15) is 9.59 Å². The van der Waals surface area contributed by atoms with Crippen molar-refractivity contribution in [3.8, 4) is 0 Å². The third-order valence-corrected chi connectivity index (χ3v) is 4.40. The predicted molar refractivity (Wildman–Crippen MR) is 80.1 cm³/mol. The van der Waals surface area contributed by atoms with Gasteiger partial charge in [0.25, 0.3) is 5.91 Å². The van der Waals surface area contributed by atoms with Crippen LogP contribution in [0.5, 0.6) is 0 Å². The van der Waals surface area contributed by atoms with Crippen LogP contribution in [0.15, 0.2) is 24.3 Å². The minimum absolute atomic E-state index is 0.139. The molecule has 1 heterocycles. The highest BCUT2D eigenvalue weighted by Crippen LogP contribution is 2.30. The molecule has 0 fully saturated rings. The number of carbonyl (C=O) groups excluding carboxylic acids is 2. The van der Waals surface area contributed by atoms with Gasteiger partial charge in [0.15, 0.2) is 0 Å². The monoisotopic (exact) mass is 291 g/mol. The number of methoxy groups -OCH3 is 1. The van der Waals surface area contributed by atoms with Crippen molar-refractivity contribution in [1.82, 2.24) is 5.32 Å². The van der Waals surface area contributed by atoms with E-state index in [1.807, 2.05) is 31.2 Å². The fourth-order valence-corrected chi connectivity index (χ4v) is 3.18. The quantitative estimate of drug-likeness (QED) is 0.881. The maximum atomic E-state index is 12.3. The second-order valence-corrected chi connectivity index (χ2v) is 5.76. The average molecular weight is 291 g/mol. The number of nitrogens with one attached hydrogen (secondary N) is 1. The van der Waals surface area contributed by atoms with E-state index in [0.717, 1.165) is 15.6 Å². The molecule has 1 aromatic heterocycles. The summed E-state index contributed by atoms with van der Waals surface area (Å²) >= 11 is 1.47. The second-order valence-electron chi connectivity index (χ2n) is 4.71. The minimum atomic E-state index is -0.328. The third kappa shape index (κ3) is 2.99. The van der Waals surface area contributed by atoms with Crippen molar-refractivity contribution in [2.75, 3.05) is 7.11 Å². The summed E-state index contributed by atoms with van der Waals surface area (Å²) in [5.41, 5.74) is 0.980. The zero-order valence-corrected chi connectivity index (χ0v) is 12.5. The number of hydrogen-bond acceptors (Lipinski definition) is 4. The topological polar surface area (TPSA) is 55.4 Å². The molecule has 1 N–H and O–H groups in total. The molecule has 5 heteroatoms. The molecule has 0 aliphatic rings. The zero-order valence-electron chi connectivity index (χ0n) is 11.7. The molecule has 4 nitrogen and oxygen atoms in total. The van der Waals surface area contributed by atoms with Crippen LogP contribution in [-0.4, -0.2) is 25.0 Å².